The molecule has 0 saturated heterocycles. The van der Waals surface area contributed by atoms with Crippen LogP contribution in [0.4, 0.5) is 0 Å². The number of hydrogen-bond donors (Lipinski definition) is 2. The third kappa shape index (κ3) is 2.04. The number of aliphatic hydroxyl groups excluding tert-OH is 2. The Hall–Kier alpha value is -0.410. The van der Waals surface area contributed by atoms with E-state index in [1.807, 2.05) is 0 Å². The zero-order valence-corrected chi connectivity index (χ0v) is 4.96. The van der Waals surface area contributed by atoms with Crippen LogP contribution in [0.2, 0.25) is 0 Å². The number of aliphatic hydroxyl groups is 2. The molecule has 8 heavy (non-hydrogen) atoms. The predicted molar refractivity (Wildman–Crippen MR) is 28.4 cm³/mol. The van der Waals surface area contributed by atoms with Gasteiger partial charge in [-0.15, -0.1) is 0 Å². The molecule has 3 nitrogen and oxygen atoms in total. The van der Waals surface area contributed by atoms with Crippen molar-refractivity contribution in [2.24, 2.45) is 0 Å². The quantitative estimate of drug-likeness (QED) is 0.505. The molecule has 0 unspecified atom stereocenters. The summed E-state index contributed by atoms with van der Waals surface area (Å²) in [6.45, 7) is 2.60. The van der Waals surface area contributed by atoms with Gasteiger partial charge in [0.25, 0.3) is 0 Å². The Balaban J connectivity index is 3.64. The van der Waals surface area contributed by atoms with E-state index in [1.54, 1.807) is 0 Å². The summed E-state index contributed by atoms with van der Waals surface area (Å²) in [6.07, 6.45) is -2.16. The lowest BCUT2D eigenvalue weighted by molar-refractivity contribution is -0.129. The number of carbonyl (C=O) groups excluding carboxylic acids is 1. The maximum atomic E-state index is 10.2. The fraction of sp³-hybridized carbons (Fsp3) is 0.800. The lowest BCUT2D eigenvalue weighted by atomic mass is 10.2. The van der Waals surface area contributed by atoms with E-state index >= 15 is 0 Å². The summed E-state index contributed by atoms with van der Waals surface area (Å²) in [5.74, 6) is -0.403. The van der Waals surface area contributed by atoms with Crippen LogP contribution in [0.3, 0.4) is 0 Å². The highest BCUT2D eigenvalue weighted by Crippen LogP contribution is 1.91. The fourth-order valence-electron chi connectivity index (χ4n) is 0.340. The second kappa shape index (κ2) is 2.79. The van der Waals surface area contributed by atoms with Gasteiger partial charge < -0.3 is 10.2 Å². The summed E-state index contributed by atoms with van der Waals surface area (Å²) in [4.78, 5) is 10.2. The first kappa shape index (κ1) is 7.59. The molecule has 0 aromatic rings. The summed E-state index contributed by atoms with van der Waals surface area (Å²) in [5.41, 5.74) is 0. The number of carbonyl (C=O) groups is 1. The van der Waals surface area contributed by atoms with Crippen LogP contribution in [0.5, 0.6) is 0 Å². The van der Waals surface area contributed by atoms with Gasteiger partial charge in [0.15, 0.2) is 5.78 Å². The molecule has 0 aliphatic carbocycles. The predicted octanol–water partition coefficient (Wildman–Crippen LogP) is -0.683. The van der Waals surface area contributed by atoms with E-state index in [9.17, 15) is 4.79 Å². The van der Waals surface area contributed by atoms with Crippen molar-refractivity contribution in [3.05, 3.63) is 0 Å². The van der Waals surface area contributed by atoms with Crippen LogP contribution in [0.15, 0.2) is 0 Å². The SMILES string of the molecule is CC(=O)[C@H](O)[C@H](C)O. The third-order valence-electron chi connectivity index (χ3n) is 0.873. The molecule has 0 spiro atoms. The second-order valence-corrected chi connectivity index (χ2v) is 1.80. The molecule has 0 aromatic carbocycles. The van der Waals surface area contributed by atoms with Gasteiger partial charge in [-0.3, -0.25) is 4.79 Å². The van der Waals surface area contributed by atoms with Gasteiger partial charge in [0.05, 0.1) is 6.10 Å². The Kier molecular flexibility index (Phi) is 2.65. The van der Waals surface area contributed by atoms with Crippen LogP contribution >= 0.6 is 0 Å². The Morgan fingerprint density at radius 1 is 1.50 bits per heavy atom. The number of rotatable bonds is 2. The van der Waals surface area contributed by atoms with E-state index in [1.165, 1.54) is 13.8 Å². The van der Waals surface area contributed by atoms with E-state index in [0.717, 1.165) is 0 Å². The van der Waals surface area contributed by atoms with Crippen LogP contribution in [0, 0.1) is 0 Å². The summed E-state index contributed by atoms with van der Waals surface area (Å²) >= 11 is 0. The zero-order chi connectivity index (χ0) is 6.73. The van der Waals surface area contributed by atoms with Crippen LogP contribution in [0.25, 0.3) is 0 Å². The molecule has 0 fully saturated rings. The van der Waals surface area contributed by atoms with Crippen molar-refractivity contribution in [3.63, 3.8) is 0 Å². The number of ketones is 1. The molecule has 0 saturated carbocycles. The molecule has 0 amide bonds. The molecule has 0 heterocycles. The zero-order valence-electron chi connectivity index (χ0n) is 4.96. The summed E-state index contributed by atoms with van der Waals surface area (Å²) < 4.78 is 0. The average Bonchev–Trinajstić information content (AvgIpc) is 1.64. The van der Waals surface area contributed by atoms with Crippen molar-refractivity contribution in [2.75, 3.05) is 0 Å². The molecule has 0 aromatic heterocycles. The monoisotopic (exact) mass is 118 g/mol. The van der Waals surface area contributed by atoms with Crippen molar-refractivity contribution in [3.8, 4) is 0 Å². The summed E-state index contributed by atoms with van der Waals surface area (Å²) in [7, 11) is 0. The maximum absolute atomic E-state index is 10.2. The first-order valence-electron chi connectivity index (χ1n) is 2.42. The van der Waals surface area contributed by atoms with Gasteiger partial charge in [0.1, 0.15) is 6.10 Å². The molecule has 0 aliphatic heterocycles. The maximum Gasteiger partial charge on any atom is 0.160 e. The van der Waals surface area contributed by atoms with Gasteiger partial charge in [-0.05, 0) is 13.8 Å². The standard InChI is InChI=1S/C5H10O3/c1-3(6)5(8)4(2)7/h3,5-6,8H,1-2H3/t3-,5+/m0/s1. The first-order valence-corrected chi connectivity index (χ1v) is 2.42. The minimum atomic E-state index is -1.21. The van der Waals surface area contributed by atoms with Crippen LogP contribution < -0.4 is 0 Å². The largest absolute Gasteiger partial charge is 0.390 e. The normalized spacial score (nSPS) is 17.5. The van der Waals surface area contributed by atoms with E-state index in [4.69, 9.17) is 10.2 Å². The average molecular weight is 118 g/mol. The topological polar surface area (TPSA) is 57.5 Å². The molecule has 48 valence electrons. The molecule has 0 rings (SSSR count). The van der Waals surface area contributed by atoms with Crippen LogP contribution in [-0.4, -0.2) is 28.2 Å². The van der Waals surface area contributed by atoms with Crippen LogP contribution in [0.1, 0.15) is 13.8 Å². The molecule has 0 radical (unpaired) electrons. The molecule has 2 atom stereocenters. The van der Waals surface area contributed by atoms with Gasteiger partial charge in [0.2, 0.25) is 0 Å². The Labute approximate surface area is 47.9 Å². The van der Waals surface area contributed by atoms with Crippen molar-refractivity contribution in [1.29, 1.82) is 0 Å². The van der Waals surface area contributed by atoms with Gasteiger partial charge in [-0.2, -0.15) is 0 Å². The Morgan fingerprint density at radius 2 is 1.88 bits per heavy atom. The number of Topliss-reactive ketones (excluding diaryl/α,β-unsaturated/α-hetero) is 1. The minimum Gasteiger partial charge on any atom is -0.390 e. The van der Waals surface area contributed by atoms with Crippen molar-refractivity contribution >= 4 is 5.78 Å². The highest BCUT2D eigenvalue weighted by Gasteiger charge is 2.14. The lowest BCUT2D eigenvalue weighted by Crippen LogP contribution is -2.29. The van der Waals surface area contributed by atoms with E-state index in [-0.39, 0.29) is 0 Å². The van der Waals surface area contributed by atoms with Crippen LogP contribution in [-0.2, 0) is 4.79 Å². The fourth-order valence-corrected chi connectivity index (χ4v) is 0.340. The minimum absolute atomic E-state index is 0.403. The smallest absolute Gasteiger partial charge is 0.160 e. The van der Waals surface area contributed by atoms with Gasteiger partial charge in [-0.25, -0.2) is 0 Å². The Morgan fingerprint density at radius 3 is 1.88 bits per heavy atom. The third-order valence-corrected chi connectivity index (χ3v) is 0.873. The van der Waals surface area contributed by atoms with E-state index < -0.39 is 18.0 Å². The van der Waals surface area contributed by atoms with E-state index in [2.05, 4.69) is 0 Å². The lowest BCUT2D eigenvalue weighted by Gasteiger charge is -2.07. The summed E-state index contributed by atoms with van der Waals surface area (Å²) in [5, 5.41) is 17.1. The van der Waals surface area contributed by atoms with Gasteiger partial charge >= 0.3 is 0 Å². The van der Waals surface area contributed by atoms with Gasteiger partial charge in [0, 0.05) is 0 Å². The molecular weight excluding hydrogens is 108 g/mol. The second-order valence-electron chi connectivity index (χ2n) is 1.80. The van der Waals surface area contributed by atoms with Gasteiger partial charge in [-0.1, -0.05) is 0 Å². The highest BCUT2D eigenvalue weighted by molar-refractivity contribution is 5.80. The van der Waals surface area contributed by atoms with E-state index in [0.29, 0.717) is 0 Å². The molecule has 0 aliphatic rings. The molecule has 2 N–H and O–H groups in total. The highest BCUT2D eigenvalue weighted by atomic mass is 16.3. The number of hydrogen-bond acceptors (Lipinski definition) is 3. The summed E-state index contributed by atoms with van der Waals surface area (Å²) in [6, 6.07) is 0. The van der Waals surface area contributed by atoms with Crippen molar-refractivity contribution in [2.45, 2.75) is 26.1 Å². The molecule has 0 bridgehead atoms. The molecule has 3 heteroatoms. The van der Waals surface area contributed by atoms with Crippen molar-refractivity contribution < 1.29 is 15.0 Å². The first-order chi connectivity index (χ1) is 3.55. The molecular formula is C5H10O3. The van der Waals surface area contributed by atoms with Crippen molar-refractivity contribution in [1.82, 2.24) is 0 Å². The Bertz CT molecular complexity index is 87.7.